The van der Waals surface area contributed by atoms with Crippen LogP contribution in [0.25, 0.3) is 0 Å². The van der Waals surface area contributed by atoms with E-state index < -0.39 is 24.3 Å². The molecule has 0 saturated carbocycles. The van der Waals surface area contributed by atoms with Crippen LogP contribution in [0.3, 0.4) is 0 Å². The molecule has 9 heteroatoms. The van der Waals surface area contributed by atoms with Gasteiger partial charge in [0.2, 0.25) is 5.75 Å². The van der Waals surface area contributed by atoms with E-state index in [4.69, 9.17) is 30.5 Å². The minimum absolute atomic E-state index is 0.0757. The van der Waals surface area contributed by atoms with E-state index in [9.17, 15) is 14.0 Å². The highest BCUT2D eigenvalue weighted by atomic mass is 35.5. The van der Waals surface area contributed by atoms with Gasteiger partial charge < -0.3 is 24.3 Å². The number of methoxy groups -OCH3 is 3. The number of hydrogen-bond acceptors (Lipinski definition) is 6. The molecule has 0 heterocycles. The number of nitrogens with one attached hydrogen (secondary N) is 1. The fourth-order valence-electron chi connectivity index (χ4n) is 2.19. The molecule has 2 rings (SSSR count). The monoisotopic (exact) mass is 397 g/mol. The van der Waals surface area contributed by atoms with Gasteiger partial charge >= 0.3 is 5.97 Å². The largest absolute Gasteiger partial charge is 0.493 e. The highest BCUT2D eigenvalue weighted by Crippen LogP contribution is 2.38. The number of amides is 1. The molecule has 27 heavy (non-hydrogen) atoms. The zero-order chi connectivity index (χ0) is 20.0. The summed E-state index contributed by atoms with van der Waals surface area (Å²) < 4.78 is 34.1. The van der Waals surface area contributed by atoms with Crippen LogP contribution < -0.4 is 19.5 Å². The standard InChI is InChI=1S/C18H17ClFNO6/c1-24-14-6-10(7-15(25-2)17(14)26-3)18(23)27-9-16(22)21-13-5-4-11(19)8-12(13)20/h4-8H,9H2,1-3H3,(H,21,22). The van der Waals surface area contributed by atoms with Crippen molar-refractivity contribution in [3.05, 3.63) is 46.7 Å². The molecule has 2 aromatic carbocycles. The molecular weight excluding hydrogens is 381 g/mol. The second-order valence-electron chi connectivity index (χ2n) is 5.16. The molecule has 0 aliphatic rings. The highest BCUT2D eigenvalue weighted by Gasteiger charge is 2.19. The lowest BCUT2D eigenvalue weighted by molar-refractivity contribution is -0.119. The minimum atomic E-state index is -0.791. The number of ether oxygens (including phenoxy) is 4. The third kappa shape index (κ3) is 5.01. The summed E-state index contributed by atoms with van der Waals surface area (Å²) >= 11 is 5.64. The van der Waals surface area contributed by atoms with Gasteiger partial charge in [-0.15, -0.1) is 0 Å². The van der Waals surface area contributed by atoms with Gasteiger partial charge in [-0.3, -0.25) is 4.79 Å². The summed E-state index contributed by atoms with van der Waals surface area (Å²) in [6, 6.07) is 6.55. The Kier molecular flexibility index (Phi) is 6.84. The van der Waals surface area contributed by atoms with E-state index in [1.165, 1.54) is 45.6 Å². The van der Waals surface area contributed by atoms with Gasteiger partial charge in [0, 0.05) is 5.02 Å². The first kappa shape index (κ1) is 20.3. The Morgan fingerprint density at radius 2 is 1.67 bits per heavy atom. The minimum Gasteiger partial charge on any atom is -0.493 e. The smallest absolute Gasteiger partial charge is 0.338 e. The van der Waals surface area contributed by atoms with Crippen molar-refractivity contribution in [1.82, 2.24) is 0 Å². The third-order valence-corrected chi connectivity index (χ3v) is 3.68. The topological polar surface area (TPSA) is 83.1 Å². The molecule has 0 atom stereocenters. The van der Waals surface area contributed by atoms with E-state index in [0.29, 0.717) is 5.75 Å². The van der Waals surface area contributed by atoms with E-state index in [1.54, 1.807) is 0 Å². The number of halogens is 2. The first-order valence-corrected chi connectivity index (χ1v) is 7.99. The van der Waals surface area contributed by atoms with Crippen LogP contribution in [0.4, 0.5) is 10.1 Å². The summed E-state index contributed by atoms with van der Waals surface area (Å²) in [5.41, 5.74) is 0.0169. The van der Waals surface area contributed by atoms with Gasteiger partial charge in [0.25, 0.3) is 5.91 Å². The summed E-state index contributed by atoms with van der Waals surface area (Å²) in [7, 11) is 4.24. The molecule has 0 aromatic heterocycles. The molecule has 0 saturated heterocycles. The van der Waals surface area contributed by atoms with E-state index in [2.05, 4.69) is 5.32 Å². The molecule has 0 aliphatic heterocycles. The number of anilines is 1. The molecule has 0 spiro atoms. The van der Waals surface area contributed by atoms with E-state index in [-0.39, 0.29) is 27.8 Å². The Bertz CT molecular complexity index is 833. The Hall–Kier alpha value is -3.00. The Balaban J connectivity index is 2.05. The number of benzene rings is 2. The molecule has 1 N–H and O–H groups in total. The lowest BCUT2D eigenvalue weighted by Crippen LogP contribution is -2.21. The van der Waals surface area contributed by atoms with Crippen LogP contribution >= 0.6 is 11.6 Å². The first-order valence-electron chi connectivity index (χ1n) is 7.61. The highest BCUT2D eigenvalue weighted by molar-refractivity contribution is 6.30. The molecule has 1 amide bonds. The Morgan fingerprint density at radius 3 is 2.19 bits per heavy atom. The van der Waals surface area contributed by atoms with Crippen molar-refractivity contribution in [3.8, 4) is 17.2 Å². The molecule has 0 fully saturated rings. The van der Waals surface area contributed by atoms with Gasteiger partial charge in [0.05, 0.1) is 32.6 Å². The molecule has 7 nitrogen and oxygen atoms in total. The van der Waals surface area contributed by atoms with Crippen molar-refractivity contribution in [2.24, 2.45) is 0 Å². The fraction of sp³-hybridized carbons (Fsp3) is 0.222. The van der Waals surface area contributed by atoms with Crippen molar-refractivity contribution < 1.29 is 32.9 Å². The van der Waals surface area contributed by atoms with Gasteiger partial charge in [0.15, 0.2) is 18.1 Å². The lowest BCUT2D eigenvalue weighted by atomic mass is 10.2. The maximum atomic E-state index is 13.7. The maximum Gasteiger partial charge on any atom is 0.338 e. The second-order valence-corrected chi connectivity index (χ2v) is 5.60. The molecule has 0 unspecified atom stereocenters. The van der Waals surface area contributed by atoms with Crippen LogP contribution in [-0.4, -0.2) is 39.8 Å². The predicted molar refractivity (Wildman–Crippen MR) is 96.4 cm³/mol. The van der Waals surface area contributed by atoms with Crippen molar-refractivity contribution in [3.63, 3.8) is 0 Å². The molecule has 0 bridgehead atoms. The number of carbonyl (C=O) groups is 2. The number of carbonyl (C=O) groups excluding carboxylic acids is 2. The zero-order valence-corrected chi connectivity index (χ0v) is 15.6. The van der Waals surface area contributed by atoms with Crippen molar-refractivity contribution >= 4 is 29.2 Å². The van der Waals surface area contributed by atoms with Crippen LogP contribution in [0, 0.1) is 5.82 Å². The molecule has 2 aromatic rings. The summed E-state index contributed by atoms with van der Waals surface area (Å²) in [5, 5.41) is 2.48. The van der Waals surface area contributed by atoms with E-state index >= 15 is 0 Å². The first-order chi connectivity index (χ1) is 12.9. The third-order valence-electron chi connectivity index (χ3n) is 3.44. The quantitative estimate of drug-likeness (QED) is 0.722. The van der Waals surface area contributed by atoms with E-state index in [1.807, 2.05) is 0 Å². The van der Waals surface area contributed by atoms with Crippen LogP contribution in [0.2, 0.25) is 5.02 Å². The van der Waals surface area contributed by atoms with Crippen molar-refractivity contribution in [2.75, 3.05) is 33.3 Å². The molecular formula is C18H17ClFNO6. The van der Waals surface area contributed by atoms with Gasteiger partial charge in [-0.05, 0) is 30.3 Å². The van der Waals surface area contributed by atoms with E-state index in [0.717, 1.165) is 6.07 Å². The van der Waals surface area contributed by atoms with Gasteiger partial charge in [-0.2, -0.15) is 0 Å². The van der Waals surface area contributed by atoms with Crippen LogP contribution in [-0.2, 0) is 9.53 Å². The summed E-state index contributed by atoms with van der Waals surface area (Å²) in [6.07, 6.45) is 0. The van der Waals surface area contributed by atoms with Gasteiger partial charge in [-0.1, -0.05) is 11.6 Å². The normalized spacial score (nSPS) is 10.1. The second kappa shape index (κ2) is 9.09. The molecule has 144 valence electrons. The summed E-state index contributed by atoms with van der Waals surface area (Å²) in [4.78, 5) is 24.1. The fourth-order valence-corrected chi connectivity index (χ4v) is 2.35. The maximum absolute atomic E-state index is 13.7. The number of esters is 1. The Labute approximate surface area is 159 Å². The number of hydrogen-bond donors (Lipinski definition) is 1. The SMILES string of the molecule is COc1cc(C(=O)OCC(=O)Nc2ccc(Cl)cc2F)cc(OC)c1OC. The van der Waals surface area contributed by atoms with Crippen molar-refractivity contribution in [1.29, 1.82) is 0 Å². The van der Waals surface area contributed by atoms with Crippen LogP contribution in [0.15, 0.2) is 30.3 Å². The number of rotatable bonds is 7. The average Bonchev–Trinajstić information content (AvgIpc) is 2.66. The summed E-state index contributed by atoms with van der Waals surface area (Å²) in [6.45, 7) is -0.614. The molecule has 0 aliphatic carbocycles. The predicted octanol–water partition coefficient (Wildman–Crippen LogP) is 3.30. The van der Waals surface area contributed by atoms with Crippen LogP contribution in [0.5, 0.6) is 17.2 Å². The van der Waals surface area contributed by atoms with Crippen molar-refractivity contribution in [2.45, 2.75) is 0 Å². The van der Waals surface area contributed by atoms with Gasteiger partial charge in [0.1, 0.15) is 5.82 Å². The summed E-state index contributed by atoms with van der Waals surface area (Å²) in [5.74, 6) is -1.37. The average molecular weight is 398 g/mol. The lowest BCUT2D eigenvalue weighted by Gasteiger charge is -2.13. The molecule has 0 radical (unpaired) electrons. The Morgan fingerprint density at radius 1 is 1.04 bits per heavy atom. The zero-order valence-electron chi connectivity index (χ0n) is 14.8. The van der Waals surface area contributed by atoms with Gasteiger partial charge in [-0.25, -0.2) is 9.18 Å². The van der Waals surface area contributed by atoms with Crippen LogP contribution in [0.1, 0.15) is 10.4 Å².